The van der Waals surface area contributed by atoms with E-state index in [9.17, 15) is 0 Å². The molecule has 0 aliphatic carbocycles. The Morgan fingerprint density at radius 1 is 1.04 bits per heavy atom. The third-order valence-electron chi connectivity index (χ3n) is 4.58. The maximum Gasteiger partial charge on any atom is 0.169 e. The molecule has 4 heteroatoms. The van der Waals surface area contributed by atoms with E-state index in [2.05, 4.69) is 65.7 Å². The molecule has 3 rings (SSSR count). The lowest BCUT2D eigenvalue weighted by Crippen LogP contribution is -3.13. The molecule has 1 heterocycles. The third kappa shape index (κ3) is 4.79. The molecule has 0 unspecified atom stereocenters. The number of thiocarbonyl (C=S) groups is 1. The van der Waals surface area contributed by atoms with Crippen molar-refractivity contribution in [2.24, 2.45) is 0 Å². The van der Waals surface area contributed by atoms with Crippen LogP contribution in [-0.2, 0) is 13.1 Å². The number of nitrogens with zero attached hydrogens (tertiary/aromatic N) is 1. The smallest absolute Gasteiger partial charge is 0.169 e. The summed E-state index contributed by atoms with van der Waals surface area (Å²) in [5.41, 5.74) is 4.05. The Labute approximate surface area is 150 Å². The Morgan fingerprint density at radius 2 is 1.75 bits per heavy atom. The van der Waals surface area contributed by atoms with Crippen LogP contribution in [0.15, 0.2) is 54.6 Å². The highest BCUT2D eigenvalue weighted by Gasteiger charge is 2.21. The van der Waals surface area contributed by atoms with Gasteiger partial charge in [0.1, 0.15) is 6.54 Å². The summed E-state index contributed by atoms with van der Waals surface area (Å²) in [6.07, 6.45) is 0. The highest BCUT2D eigenvalue weighted by atomic mass is 32.1. The average Bonchev–Trinajstić information content (AvgIpc) is 2.61. The van der Waals surface area contributed by atoms with Gasteiger partial charge in [-0.1, -0.05) is 60.2 Å². The molecule has 1 aliphatic rings. The average molecular weight is 341 g/mol. The largest absolute Gasteiger partial charge is 0.358 e. The highest BCUT2D eigenvalue weighted by molar-refractivity contribution is 7.80. The van der Waals surface area contributed by atoms with E-state index in [1.54, 1.807) is 4.90 Å². The molecule has 3 nitrogen and oxygen atoms in total. The van der Waals surface area contributed by atoms with Gasteiger partial charge in [-0.2, -0.15) is 0 Å². The van der Waals surface area contributed by atoms with Gasteiger partial charge in [-0.15, -0.1) is 0 Å². The normalized spacial score (nSPS) is 15.3. The van der Waals surface area contributed by atoms with Crippen molar-refractivity contribution in [2.75, 3.05) is 26.2 Å². The number of quaternary nitrogens is 1. The minimum absolute atomic E-state index is 0.802. The molecule has 1 saturated heterocycles. The van der Waals surface area contributed by atoms with Gasteiger partial charge in [-0.25, -0.2) is 0 Å². The van der Waals surface area contributed by atoms with Crippen LogP contribution in [0, 0.1) is 6.92 Å². The molecular weight excluding hydrogens is 314 g/mol. The first kappa shape index (κ1) is 16.9. The first-order chi connectivity index (χ1) is 11.7. The van der Waals surface area contributed by atoms with E-state index in [0.29, 0.717) is 0 Å². The number of aryl methyl sites for hydroxylation is 1. The summed E-state index contributed by atoms with van der Waals surface area (Å²) in [5.74, 6) is 0. The van der Waals surface area contributed by atoms with Crippen LogP contribution in [0.5, 0.6) is 0 Å². The van der Waals surface area contributed by atoms with Crippen molar-refractivity contribution in [2.45, 2.75) is 20.0 Å². The van der Waals surface area contributed by atoms with Crippen molar-refractivity contribution in [1.82, 2.24) is 10.2 Å². The Bertz CT molecular complexity index is 664. The van der Waals surface area contributed by atoms with Crippen molar-refractivity contribution in [3.63, 3.8) is 0 Å². The molecule has 1 aliphatic heterocycles. The minimum Gasteiger partial charge on any atom is -0.358 e. The fourth-order valence-corrected chi connectivity index (χ4v) is 3.45. The van der Waals surface area contributed by atoms with Gasteiger partial charge in [0, 0.05) is 12.1 Å². The van der Waals surface area contributed by atoms with E-state index in [0.717, 1.165) is 44.4 Å². The lowest BCUT2D eigenvalue weighted by molar-refractivity contribution is -0.917. The first-order valence-corrected chi connectivity index (χ1v) is 9.07. The fraction of sp³-hybridized carbons (Fsp3) is 0.350. The van der Waals surface area contributed by atoms with Crippen LogP contribution < -0.4 is 10.2 Å². The Hall–Kier alpha value is -1.91. The van der Waals surface area contributed by atoms with Crippen LogP contribution in [0.3, 0.4) is 0 Å². The lowest BCUT2D eigenvalue weighted by Gasteiger charge is -2.34. The zero-order valence-corrected chi connectivity index (χ0v) is 15.1. The van der Waals surface area contributed by atoms with E-state index < -0.39 is 0 Å². The van der Waals surface area contributed by atoms with Crippen LogP contribution in [-0.4, -0.2) is 36.2 Å². The van der Waals surface area contributed by atoms with Crippen LogP contribution in [0.4, 0.5) is 0 Å². The number of benzene rings is 2. The van der Waals surface area contributed by atoms with Crippen LogP contribution in [0.1, 0.15) is 16.7 Å². The van der Waals surface area contributed by atoms with E-state index >= 15 is 0 Å². The molecule has 0 radical (unpaired) electrons. The van der Waals surface area contributed by atoms with Crippen molar-refractivity contribution >= 4 is 17.3 Å². The number of nitrogens with one attached hydrogen (secondary N) is 2. The summed E-state index contributed by atoms with van der Waals surface area (Å²) in [7, 11) is 0. The summed E-state index contributed by atoms with van der Waals surface area (Å²) >= 11 is 5.56. The number of hydrogen-bond donors (Lipinski definition) is 2. The quantitative estimate of drug-likeness (QED) is 0.828. The first-order valence-electron chi connectivity index (χ1n) is 8.66. The molecule has 0 bridgehead atoms. The predicted molar refractivity (Wildman–Crippen MR) is 103 cm³/mol. The van der Waals surface area contributed by atoms with E-state index in [1.165, 1.54) is 16.7 Å². The van der Waals surface area contributed by atoms with Crippen molar-refractivity contribution in [1.29, 1.82) is 0 Å². The van der Waals surface area contributed by atoms with Gasteiger partial charge in [-0.05, 0) is 24.7 Å². The van der Waals surface area contributed by atoms with Gasteiger partial charge in [0.25, 0.3) is 0 Å². The molecule has 2 aromatic carbocycles. The molecule has 0 spiro atoms. The second-order valence-electron chi connectivity index (χ2n) is 6.55. The van der Waals surface area contributed by atoms with Crippen LogP contribution >= 0.6 is 12.2 Å². The van der Waals surface area contributed by atoms with Crippen molar-refractivity contribution in [3.05, 3.63) is 71.3 Å². The molecular formula is C20H26N3S+. The Balaban J connectivity index is 1.43. The van der Waals surface area contributed by atoms with Gasteiger partial charge in [0.2, 0.25) is 0 Å². The fourth-order valence-electron chi connectivity index (χ4n) is 3.20. The summed E-state index contributed by atoms with van der Waals surface area (Å²) in [6, 6.07) is 19.3. The van der Waals surface area contributed by atoms with Gasteiger partial charge >= 0.3 is 0 Å². The summed E-state index contributed by atoms with van der Waals surface area (Å²) in [4.78, 5) is 3.94. The van der Waals surface area contributed by atoms with Gasteiger partial charge < -0.3 is 15.1 Å². The van der Waals surface area contributed by atoms with E-state index in [-0.39, 0.29) is 0 Å². The summed E-state index contributed by atoms with van der Waals surface area (Å²) < 4.78 is 0. The second-order valence-corrected chi connectivity index (χ2v) is 6.93. The Morgan fingerprint density at radius 3 is 2.46 bits per heavy atom. The van der Waals surface area contributed by atoms with Crippen molar-refractivity contribution in [3.8, 4) is 0 Å². The zero-order chi connectivity index (χ0) is 16.8. The van der Waals surface area contributed by atoms with Gasteiger partial charge in [0.05, 0.1) is 26.2 Å². The Kier molecular flexibility index (Phi) is 5.83. The molecule has 2 aromatic rings. The van der Waals surface area contributed by atoms with E-state index in [1.807, 2.05) is 6.07 Å². The van der Waals surface area contributed by atoms with Crippen molar-refractivity contribution < 1.29 is 4.90 Å². The molecule has 1 fully saturated rings. The van der Waals surface area contributed by atoms with E-state index in [4.69, 9.17) is 12.2 Å². The van der Waals surface area contributed by atoms with Crippen LogP contribution in [0.25, 0.3) is 0 Å². The number of rotatable bonds is 4. The van der Waals surface area contributed by atoms with Gasteiger partial charge in [0.15, 0.2) is 5.11 Å². The van der Waals surface area contributed by atoms with Crippen LogP contribution in [0.2, 0.25) is 0 Å². The van der Waals surface area contributed by atoms with Gasteiger partial charge in [-0.3, -0.25) is 0 Å². The third-order valence-corrected chi connectivity index (χ3v) is 4.98. The minimum atomic E-state index is 0.802. The maximum absolute atomic E-state index is 5.56. The predicted octanol–water partition coefficient (Wildman–Crippen LogP) is 1.77. The monoisotopic (exact) mass is 340 g/mol. The maximum atomic E-state index is 5.56. The lowest BCUT2D eigenvalue weighted by atomic mass is 10.1. The molecule has 0 atom stereocenters. The molecule has 24 heavy (non-hydrogen) atoms. The topological polar surface area (TPSA) is 19.7 Å². The summed E-state index contributed by atoms with van der Waals surface area (Å²) in [5, 5.41) is 4.27. The SMILES string of the molecule is Cc1cccc(C[NH+]2CCN(C(=S)NCc3ccccc3)CC2)c1. The summed E-state index contributed by atoms with van der Waals surface area (Å²) in [6.45, 7) is 8.41. The molecule has 0 aromatic heterocycles. The molecule has 126 valence electrons. The zero-order valence-electron chi connectivity index (χ0n) is 14.3. The number of piperazine rings is 1. The molecule has 2 N–H and O–H groups in total. The standard InChI is InChI=1S/C20H25N3S/c1-17-6-5-9-19(14-17)16-22-10-12-23(13-11-22)20(24)21-15-18-7-3-2-4-8-18/h2-9,14H,10-13,15-16H2,1H3,(H,21,24)/p+1. The number of hydrogen-bond acceptors (Lipinski definition) is 1. The highest BCUT2D eigenvalue weighted by Crippen LogP contribution is 2.03. The molecule has 0 amide bonds. The molecule has 0 saturated carbocycles. The second kappa shape index (κ2) is 8.27.